The third-order valence-electron chi connectivity index (χ3n) is 5.52. The minimum absolute atomic E-state index is 0.189. The van der Waals surface area contributed by atoms with E-state index in [1.807, 2.05) is 42.2 Å². The predicted octanol–water partition coefficient (Wildman–Crippen LogP) is 1.57. The van der Waals surface area contributed by atoms with Crippen LogP contribution in [0.3, 0.4) is 0 Å². The molecular weight excluding hydrogens is 372 g/mol. The molecule has 0 aromatic heterocycles. The first kappa shape index (κ1) is 20.9. The number of amides is 4. The first-order valence-electron chi connectivity index (χ1n) is 9.74. The number of rotatable bonds is 7. The van der Waals surface area contributed by atoms with Gasteiger partial charge in [-0.15, -0.1) is 0 Å². The molecule has 3 rings (SSSR count). The second kappa shape index (κ2) is 8.65. The van der Waals surface area contributed by atoms with Gasteiger partial charge in [-0.05, 0) is 25.0 Å². The topological polar surface area (TPSA) is 82.2 Å². The Morgan fingerprint density at radius 1 is 1.21 bits per heavy atom. The van der Waals surface area contributed by atoms with Gasteiger partial charge in [0.1, 0.15) is 11.9 Å². The number of carbonyl (C=O) groups is 3. The number of methoxy groups -OCH3 is 1. The molecule has 1 fully saturated rings. The molecule has 4 amide bonds. The number of benzene rings is 1. The Morgan fingerprint density at radius 2 is 1.90 bits per heavy atom. The molecule has 2 aliphatic heterocycles. The van der Waals surface area contributed by atoms with Crippen molar-refractivity contribution in [3.8, 4) is 0 Å². The van der Waals surface area contributed by atoms with E-state index in [0.29, 0.717) is 25.3 Å². The molecule has 0 radical (unpaired) electrons. The third kappa shape index (κ3) is 3.98. The average molecular weight is 400 g/mol. The Balaban J connectivity index is 1.85. The molecule has 1 aromatic carbocycles. The molecule has 2 aliphatic rings. The van der Waals surface area contributed by atoms with Crippen LogP contribution in [0.15, 0.2) is 42.1 Å². The molecule has 3 unspecified atom stereocenters. The van der Waals surface area contributed by atoms with Gasteiger partial charge >= 0.3 is 6.03 Å². The van der Waals surface area contributed by atoms with Crippen molar-refractivity contribution in [1.82, 2.24) is 20.0 Å². The molecule has 0 spiro atoms. The van der Waals surface area contributed by atoms with E-state index in [1.165, 1.54) is 11.9 Å². The van der Waals surface area contributed by atoms with Crippen LogP contribution in [0.25, 0.3) is 0 Å². The summed E-state index contributed by atoms with van der Waals surface area (Å²) in [6.07, 6.45) is 1.85. The van der Waals surface area contributed by atoms with Gasteiger partial charge in [-0.1, -0.05) is 30.3 Å². The first-order valence-corrected chi connectivity index (χ1v) is 9.74. The molecule has 0 bridgehead atoms. The van der Waals surface area contributed by atoms with Gasteiger partial charge in [-0.3, -0.25) is 14.5 Å². The number of hydrogen-bond donors (Lipinski definition) is 1. The first-order chi connectivity index (χ1) is 13.9. The lowest BCUT2D eigenvalue weighted by molar-refractivity contribution is -0.137. The normalized spacial score (nSPS) is 22.5. The van der Waals surface area contributed by atoms with Crippen LogP contribution in [-0.4, -0.2) is 73.1 Å². The quantitative estimate of drug-likeness (QED) is 0.703. The second-order valence-corrected chi connectivity index (χ2v) is 7.43. The molecule has 1 aromatic rings. The van der Waals surface area contributed by atoms with E-state index in [0.717, 1.165) is 10.5 Å². The fraction of sp³-hybridized carbons (Fsp3) is 0.476. The Morgan fingerprint density at radius 3 is 2.55 bits per heavy atom. The molecular formula is C21H28N4O4. The number of imide groups is 1. The molecule has 3 atom stereocenters. The summed E-state index contributed by atoms with van der Waals surface area (Å²) in [7, 11) is 4.75. The fourth-order valence-electron chi connectivity index (χ4n) is 3.94. The van der Waals surface area contributed by atoms with Crippen LogP contribution < -0.4 is 5.32 Å². The molecule has 156 valence electrons. The molecule has 0 aliphatic carbocycles. The number of nitrogens with one attached hydrogen (secondary N) is 1. The average Bonchev–Trinajstić information content (AvgIpc) is 3.11. The Bertz CT molecular complexity index is 810. The van der Waals surface area contributed by atoms with Gasteiger partial charge in [0.05, 0.1) is 12.0 Å². The molecule has 29 heavy (non-hydrogen) atoms. The Labute approximate surface area is 171 Å². The van der Waals surface area contributed by atoms with Crippen molar-refractivity contribution in [2.45, 2.75) is 25.6 Å². The van der Waals surface area contributed by atoms with Gasteiger partial charge in [-0.25, -0.2) is 4.79 Å². The lowest BCUT2D eigenvalue weighted by Gasteiger charge is -2.43. The van der Waals surface area contributed by atoms with Crippen molar-refractivity contribution in [2.75, 3.05) is 34.4 Å². The van der Waals surface area contributed by atoms with Crippen LogP contribution in [-0.2, 0) is 14.3 Å². The molecule has 1 saturated heterocycles. The molecule has 2 heterocycles. The molecule has 8 nitrogen and oxygen atoms in total. The number of carbonyl (C=O) groups excluding carboxylic acids is 3. The summed E-state index contributed by atoms with van der Waals surface area (Å²) in [4.78, 5) is 42.7. The zero-order valence-corrected chi connectivity index (χ0v) is 17.3. The highest BCUT2D eigenvalue weighted by Crippen LogP contribution is 2.34. The van der Waals surface area contributed by atoms with Gasteiger partial charge in [0.2, 0.25) is 5.91 Å². The summed E-state index contributed by atoms with van der Waals surface area (Å²) in [5.74, 6) is -1.13. The maximum atomic E-state index is 13.1. The molecule has 1 N–H and O–H groups in total. The van der Waals surface area contributed by atoms with Crippen molar-refractivity contribution < 1.29 is 19.1 Å². The Kier molecular flexibility index (Phi) is 6.22. The number of fused-ring (bicyclic) bond motifs is 1. The highest BCUT2D eigenvalue weighted by Gasteiger charge is 2.50. The van der Waals surface area contributed by atoms with Crippen LogP contribution in [0.4, 0.5) is 4.79 Å². The fourth-order valence-corrected chi connectivity index (χ4v) is 3.94. The van der Waals surface area contributed by atoms with Crippen LogP contribution in [0, 0.1) is 5.92 Å². The van der Waals surface area contributed by atoms with Crippen LogP contribution in [0.1, 0.15) is 24.9 Å². The minimum atomic E-state index is -0.571. The molecule has 0 saturated carbocycles. The van der Waals surface area contributed by atoms with Crippen molar-refractivity contribution in [3.63, 3.8) is 0 Å². The maximum Gasteiger partial charge on any atom is 0.327 e. The van der Waals surface area contributed by atoms with E-state index in [4.69, 9.17) is 4.74 Å². The predicted molar refractivity (Wildman–Crippen MR) is 107 cm³/mol. The van der Waals surface area contributed by atoms with Crippen molar-refractivity contribution >= 4 is 17.8 Å². The van der Waals surface area contributed by atoms with E-state index < -0.39 is 12.1 Å². The Hall–Kier alpha value is -2.87. The lowest BCUT2D eigenvalue weighted by atomic mass is 10.0. The SMILES string of the molecule is COCCCN1C(C(=O)NC(C)c2ccccc2)=CC2C(=O)N(C)C(=O)N(C)C21. The van der Waals surface area contributed by atoms with Crippen LogP contribution in [0.5, 0.6) is 0 Å². The van der Waals surface area contributed by atoms with E-state index in [9.17, 15) is 14.4 Å². The monoisotopic (exact) mass is 400 g/mol. The number of nitrogens with zero attached hydrogens (tertiary/aromatic N) is 3. The van der Waals surface area contributed by atoms with Gasteiger partial charge in [-0.2, -0.15) is 0 Å². The largest absolute Gasteiger partial charge is 0.385 e. The van der Waals surface area contributed by atoms with Gasteiger partial charge in [0, 0.05) is 34.4 Å². The van der Waals surface area contributed by atoms with Crippen molar-refractivity contribution in [3.05, 3.63) is 47.7 Å². The summed E-state index contributed by atoms with van der Waals surface area (Å²) in [5.41, 5.74) is 1.41. The zero-order valence-electron chi connectivity index (χ0n) is 17.3. The summed E-state index contributed by atoms with van der Waals surface area (Å²) >= 11 is 0. The summed E-state index contributed by atoms with van der Waals surface area (Å²) < 4.78 is 5.14. The second-order valence-electron chi connectivity index (χ2n) is 7.43. The van der Waals surface area contributed by atoms with Crippen molar-refractivity contribution in [2.24, 2.45) is 5.92 Å². The zero-order chi connectivity index (χ0) is 21.1. The summed E-state index contributed by atoms with van der Waals surface area (Å²) in [5, 5.41) is 3.01. The van der Waals surface area contributed by atoms with E-state index in [-0.39, 0.29) is 23.9 Å². The van der Waals surface area contributed by atoms with Gasteiger partial charge < -0.3 is 19.9 Å². The highest BCUT2D eigenvalue weighted by molar-refractivity contribution is 6.02. The standard InChI is InChI=1S/C21H28N4O4/c1-14(15-9-6-5-7-10-15)22-18(26)17-13-16-19(25(17)11-8-12-29-4)23(2)21(28)24(3)20(16)27/h5-7,9-10,13-14,16,19H,8,11-12H2,1-4H3,(H,22,26). The van der Waals surface area contributed by atoms with Gasteiger partial charge in [0.15, 0.2) is 0 Å². The smallest absolute Gasteiger partial charge is 0.327 e. The minimum Gasteiger partial charge on any atom is -0.385 e. The number of ether oxygens (including phenoxy) is 1. The maximum absolute atomic E-state index is 13.1. The summed E-state index contributed by atoms with van der Waals surface area (Å²) in [6.45, 7) is 2.94. The van der Waals surface area contributed by atoms with Crippen LogP contribution in [0.2, 0.25) is 0 Å². The highest BCUT2D eigenvalue weighted by atomic mass is 16.5. The van der Waals surface area contributed by atoms with E-state index in [2.05, 4.69) is 5.32 Å². The van der Waals surface area contributed by atoms with E-state index in [1.54, 1.807) is 20.2 Å². The number of urea groups is 1. The summed E-state index contributed by atoms with van der Waals surface area (Å²) in [6, 6.07) is 9.12. The third-order valence-corrected chi connectivity index (χ3v) is 5.52. The van der Waals surface area contributed by atoms with E-state index >= 15 is 0 Å². The molecule has 8 heteroatoms. The number of hydrogen-bond acceptors (Lipinski definition) is 5. The lowest BCUT2D eigenvalue weighted by Crippen LogP contribution is -2.62. The van der Waals surface area contributed by atoms with Gasteiger partial charge in [0.25, 0.3) is 5.91 Å². The van der Waals surface area contributed by atoms with Crippen LogP contribution >= 0.6 is 0 Å². The van der Waals surface area contributed by atoms with Crippen molar-refractivity contribution in [1.29, 1.82) is 0 Å².